The van der Waals surface area contributed by atoms with Gasteiger partial charge in [0.25, 0.3) is 0 Å². The van der Waals surface area contributed by atoms with Gasteiger partial charge in [-0.05, 0) is 31.7 Å². The van der Waals surface area contributed by atoms with Gasteiger partial charge in [0, 0.05) is 6.54 Å². The molecule has 1 saturated carbocycles. The molecule has 0 aliphatic heterocycles. The first-order chi connectivity index (χ1) is 6.84. The van der Waals surface area contributed by atoms with Crippen molar-refractivity contribution < 1.29 is 5.11 Å². The molecule has 0 amide bonds. The second kappa shape index (κ2) is 7.24. The number of aliphatic hydroxyl groups is 1. The van der Waals surface area contributed by atoms with E-state index in [2.05, 4.69) is 12.2 Å². The monoisotopic (exact) mass is 199 g/mol. The van der Waals surface area contributed by atoms with Crippen LogP contribution >= 0.6 is 0 Å². The molecule has 2 atom stereocenters. The van der Waals surface area contributed by atoms with Crippen molar-refractivity contribution in [2.45, 2.75) is 58.0 Å². The third-order valence-electron chi connectivity index (χ3n) is 3.23. The summed E-state index contributed by atoms with van der Waals surface area (Å²) in [6.45, 7) is 4.39. The molecule has 2 N–H and O–H groups in total. The van der Waals surface area contributed by atoms with Gasteiger partial charge >= 0.3 is 0 Å². The van der Waals surface area contributed by atoms with Crippen LogP contribution in [0.5, 0.6) is 0 Å². The maximum absolute atomic E-state index is 9.59. The molecule has 1 rings (SSSR count). The number of aliphatic hydroxyl groups excluding tert-OH is 1. The zero-order valence-electron chi connectivity index (χ0n) is 9.47. The topological polar surface area (TPSA) is 32.3 Å². The molecule has 1 fully saturated rings. The number of rotatable bonds is 7. The average Bonchev–Trinajstić information content (AvgIpc) is 2.58. The Bertz CT molecular complexity index is 138. The summed E-state index contributed by atoms with van der Waals surface area (Å²) >= 11 is 0. The van der Waals surface area contributed by atoms with Crippen LogP contribution in [0.2, 0.25) is 0 Å². The Balaban J connectivity index is 1.88. The van der Waals surface area contributed by atoms with Crippen molar-refractivity contribution in [3.05, 3.63) is 0 Å². The van der Waals surface area contributed by atoms with Crippen LogP contribution in [0.3, 0.4) is 0 Å². The molecule has 2 heteroatoms. The van der Waals surface area contributed by atoms with Crippen molar-refractivity contribution in [2.75, 3.05) is 13.1 Å². The molecule has 2 nitrogen and oxygen atoms in total. The van der Waals surface area contributed by atoms with E-state index in [1.807, 2.05) is 0 Å². The normalized spacial score (nSPS) is 27.0. The highest BCUT2D eigenvalue weighted by molar-refractivity contribution is 4.77. The quantitative estimate of drug-likeness (QED) is 0.617. The number of hydrogen-bond acceptors (Lipinski definition) is 2. The van der Waals surface area contributed by atoms with Crippen molar-refractivity contribution >= 4 is 0 Å². The van der Waals surface area contributed by atoms with E-state index in [9.17, 15) is 5.11 Å². The lowest BCUT2D eigenvalue weighted by molar-refractivity contribution is 0.131. The van der Waals surface area contributed by atoms with Crippen LogP contribution in [-0.4, -0.2) is 24.3 Å². The highest BCUT2D eigenvalue weighted by Crippen LogP contribution is 2.24. The molecule has 0 radical (unpaired) electrons. The van der Waals surface area contributed by atoms with Crippen molar-refractivity contribution in [2.24, 2.45) is 5.92 Å². The lowest BCUT2D eigenvalue weighted by Crippen LogP contribution is -2.28. The standard InChI is InChI=1S/C12H25NO/c1-2-3-4-5-9-13-10-11-7-6-8-12(11)14/h11-14H,2-10H2,1H3. The molecule has 0 spiro atoms. The zero-order chi connectivity index (χ0) is 10.2. The third-order valence-corrected chi connectivity index (χ3v) is 3.23. The SMILES string of the molecule is CCCCCCNCC1CCCC1O. The van der Waals surface area contributed by atoms with Gasteiger partial charge in [0.1, 0.15) is 0 Å². The minimum absolute atomic E-state index is 0.0295. The van der Waals surface area contributed by atoms with Crippen molar-refractivity contribution in [3.63, 3.8) is 0 Å². The van der Waals surface area contributed by atoms with Crippen LogP contribution in [-0.2, 0) is 0 Å². The Hall–Kier alpha value is -0.0800. The van der Waals surface area contributed by atoms with Crippen LogP contribution in [0.4, 0.5) is 0 Å². The summed E-state index contributed by atoms with van der Waals surface area (Å²) in [5.74, 6) is 0.529. The van der Waals surface area contributed by atoms with Gasteiger partial charge < -0.3 is 10.4 Å². The maximum atomic E-state index is 9.59. The van der Waals surface area contributed by atoms with E-state index in [-0.39, 0.29) is 6.10 Å². The summed E-state index contributed by atoms with van der Waals surface area (Å²) < 4.78 is 0. The summed E-state index contributed by atoms with van der Waals surface area (Å²) in [6.07, 6.45) is 8.70. The molecule has 0 aromatic rings. The summed E-state index contributed by atoms with van der Waals surface area (Å²) in [7, 11) is 0. The Morgan fingerprint density at radius 3 is 2.71 bits per heavy atom. The van der Waals surface area contributed by atoms with Gasteiger partial charge in [-0.1, -0.05) is 32.6 Å². The van der Waals surface area contributed by atoms with Gasteiger partial charge in [-0.25, -0.2) is 0 Å². The van der Waals surface area contributed by atoms with Gasteiger partial charge in [0.05, 0.1) is 6.10 Å². The Labute approximate surface area is 88.1 Å². The average molecular weight is 199 g/mol. The summed E-state index contributed by atoms with van der Waals surface area (Å²) in [5, 5.41) is 13.0. The third kappa shape index (κ3) is 4.43. The summed E-state index contributed by atoms with van der Waals surface area (Å²) in [6, 6.07) is 0. The van der Waals surface area contributed by atoms with Gasteiger partial charge in [-0.15, -0.1) is 0 Å². The number of unbranched alkanes of at least 4 members (excludes halogenated alkanes) is 3. The van der Waals surface area contributed by atoms with Gasteiger partial charge in [-0.2, -0.15) is 0 Å². The summed E-state index contributed by atoms with van der Waals surface area (Å²) in [5.41, 5.74) is 0. The van der Waals surface area contributed by atoms with E-state index in [1.54, 1.807) is 0 Å². The van der Waals surface area contributed by atoms with Gasteiger partial charge in [0.2, 0.25) is 0 Å². The first kappa shape index (κ1) is 12.0. The van der Waals surface area contributed by atoms with Crippen LogP contribution in [0.15, 0.2) is 0 Å². The lowest BCUT2D eigenvalue weighted by Gasteiger charge is -2.14. The molecular formula is C12H25NO. The molecule has 2 unspecified atom stereocenters. The van der Waals surface area contributed by atoms with Crippen molar-refractivity contribution in [1.29, 1.82) is 0 Å². The molecule has 0 saturated heterocycles. The van der Waals surface area contributed by atoms with Crippen molar-refractivity contribution in [1.82, 2.24) is 5.32 Å². The fraction of sp³-hybridized carbons (Fsp3) is 1.00. The lowest BCUT2D eigenvalue weighted by atomic mass is 10.1. The maximum Gasteiger partial charge on any atom is 0.0580 e. The molecule has 14 heavy (non-hydrogen) atoms. The van der Waals surface area contributed by atoms with E-state index in [0.717, 1.165) is 19.5 Å². The molecular weight excluding hydrogens is 174 g/mol. The molecule has 84 valence electrons. The van der Waals surface area contributed by atoms with Crippen LogP contribution in [0.25, 0.3) is 0 Å². The number of nitrogens with one attached hydrogen (secondary N) is 1. The molecule has 1 aliphatic carbocycles. The Morgan fingerprint density at radius 2 is 2.07 bits per heavy atom. The van der Waals surface area contributed by atoms with Gasteiger partial charge in [-0.3, -0.25) is 0 Å². The minimum atomic E-state index is -0.0295. The molecule has 0 heterocycles. The smallest absolute Gasteiger partial charge is 0.0580 e. The largest absolute Gasteiger partial charge is 0.393 e. The molecule has 0 aromatic heterocycles. The van der Waals surface area contributed by atoms with E-state index >= 15 is 0 Å². The predicted octanol–water partition coefficient (Wildman–Crippen LogP) is 2.32. The first-order valence-corrected chi connectivity index (χ1v) is 6.23. The van der Waals surface area contributed by atoms with Crippen molar-refractivity contribution in [3.8, 4) is 0 Å². The molecule has 0 bridgehead atoms. The molecule has 1 aliphatic rings. The Morgan fingerprint density at radius 1 is 1.21 bits per heavy atom. The highest BCUT2D eigenvalue weighted by atomic mass is 16.3. The van der Waals surface area contributed by atoms with Crippen LogP contribution in [0.1, 0.15) is 51.9 Å². The second-order valence-electron chi connectivity index (χ2n) is 4.52. The fourth-order valence-electron chi connectivity index (χ4n) is 2.22. The highest BCUT2D eigenvalue weighted by Gasteiger charge is 2.24. The minimum Gasteiger partial charge on any atom is -0.393 e. The fourth-order valence-corrected chi connectivity index (χ4v) is 2.22. The summed E-state index contributed by atoms with van der Waals surface area (Å²) in [4.78, 5) is 0. The first-order valence-electron chi connectivity index (χ1n) is 6.23. The van der Waals surface area contributed by atoms with Crippen LogP contribution < -0.4 is 5.32 Å². The van der Waals surface area contributed by atoms with Gasteiger partial charge in [0.15, 0.2) is 0 Å². The number of hydrogen-bond donors (Lipinski definition) is 2. The zero-order valence-corrected chi connectivity index (χ0v) is 9.47. The second-order valence-corrected chi connectivity index (χ2v) is 4.52. The van der Waals surface area contributed by atoms with E-state index in [0.29, 0.717) is 5.92 Å². The van der Waals surface area contributed by atoms with Crippen LogP contribution in [0, 0.1) is 5.92 Å². The van der Waals surface area contributed by atoms with E-state index in [1.165, 1.54) is 38.5 Å². The molecule has 0 aromatic carbocycles. The Kier molecular flexibility index (Phi) is 6.20. The van der Waals surface area contributed by atoms with E-state index < -0.39 is 0 Å². The predicted molar refractivity (Wildman–Crippen MR) is 60.4 cm³/mol. The van der Waals surface area contributed by atoms with E-state index in [4.69, 9.17) is 0 Å².